The second kappa shape index (κ2) is 11.3. The van der Waals surface area contributed by atoms with Crippen molar-refractivity contribution in [3.05, 3.63) is 101 Å². The number of esters is 3. The number of carbonyl (C=O) groups excluding carboxylic acids is 4. The number of para-hydroxylation sites is 1. The molecule has 2 aromatic carbocycles. The van der Waals surface area contributed by atoms with Crippen molar-refractivity contribution in [1.29, 1.82) is 0 Å². The van der Waals surface area contributed by atoms with Gasteiger partial charge in [-0.05, 0) is 25.5 Å². The number of nitrogens with zero attached hydrogens (tertiary/aromatic N) is 1. The van der Waals surface area contributed by atoms with E-state index in [1.54, 1.807) is 55.5 Å². The molecule has 1 atom stereocenters. The van der Waals surface area contributed by atoms with Crippen LogP contribution in [0, 0.1) is 0 Å². The molecule has 1 spiro atoms. The van der Waals surface area contributed by atoms with Crippen LogP contribution in [0.3, 0.4) is 0 Å². The van der Waals surface area contributed by atoms with E-state index in [9.17, 15) is 19.2 Å². The van der Waals surface area contributed by atoms with Gasteiger partial charge >= 0.3 is 17.9 Å². The fraction of sp³-hybridized carbons (Fsp3) is 0.241. The highest BCUT2D eigenvalue weighted by Crippen LogP contribution is 2.54. The quantitative estimate of drug-likeness (QED) is 0.294. The van der Waals surface area contributed by atoms with E-state index in [-0.39, 0.29) is 48.0 Å². The van der Waals surface area contributed by atoms with Gasteiger partial charge in [0, 0.05) is 11.3 Å². The summed E-state index contributed by atoms with van der Waals surface area (Å²) in [5.41, 5.74) is 4.59. The summed E-state index contributed by atoms with van der Waals surface area (Å²) >= 11 is 0. The lowest BCUT2D eigenvalue weighted by molar-refractivity contribution is -0.149. The smallest absolute Gasteiger partial charge is 0.341 e. The third-order valence-electron chi connectivity index (χ3n) is 6.39. The third-order valence-corrected chi connectivity index (χ3v) is 6.39. The Labute approximate surface area is 225 Å². The van der Waals surface area contributed by atoms with E-state index in [0.717, 1.165) is 10.5 Å². The Bertz CT molecular complexity index is 1400. The molecular formula is C29H28N2O8. The Hall–Kier alpha value is -4.86. The van der Waals surface area contributed by atoms with Crippen molar-refractivity contribution < 1.29 is 38.1 Å². The van der Waals surface area contributed by atoms with E-state index in [2.05, 4.69) is 6.58 Å². The summed E-state index contributed by atoms with van der Waals surface area (Å²) in [7, 11) is 0. The van der Waals surface area contributed by atoms with Crippen molar-refractivity contribution >= 4 is 23.8 Å². The van der Waals surface area contributed by atoms with Crippen LogP contribution in [-0.2, 0) is 45.4 Å². The number of fused-ring (bicyclic) bond motifs is 2. The average Bonchev–Trinajstić information content (AvgIpc) is 3.13. The summed E-state index contributed by atoms with van der Waals surface area (Å²) in [5, 5.41) is 0. The molecule has 2 aromatic rings. The van der Waals surface area contributed by atoms with Gasteiger partial charge in [-0.15, -0.1) is 0 Å². The summed E-state index contributed by atoms with van der Waals surface area (Å²) in [6.45, 7) is 5.89. The lowest BCUT2D eigenvalue weighted by Crippen LogP contribution is -2.50. The Morgan fingerprint density at radius 2 is 1.67 bits per heavy atom. The third kappa shape index (κ3) is 4.76. The summed E-state index contributed by atoms with van der Waals surface area (Å²) in [4.78, 5) is 55.2. The zero-order valence-electron chi connectivity index (χ0n) is 21.6. The lowest BCUT2D eigenvalue weighted by Gasteiger charge is -2.36. The van der Waals surface area contributed by atoms with Crippen LogP contribution >= 0.6 is 0 Å². The van der Waals surface area contributed by atoms with Crippen molar-refractivity contribution in [2.75, 3.05) is 19.8 Å². The van der Waals surface area contributed by atoms with Crippen LogP contribution in [0.5, 0.6) is 5.75 Å². The topological polar surface area (TPSA) is 134 Å². The summed E-state index contributed by atoms with van der Waals surface area (Å²) in [6, 6.07) is 15.4. The van der Waals surface area contributed by atoms with Crippen molar-refractivity contribution in [2.45, 2.75) is 25.9 Å². The van der Waals surface area contributed by atoms with Crippen LogP contribution in [0.25, 0.3) is 0 Å². The molecule has 1 amide bonds. The number of carbonyl (C=O) groups is 4. The van der Waals surface area contributed by atoms with Gasteiger partial charge < -0.3 is 29.6 Å². The molecule has 2 N–H and O–H groups in total. The van der Waals surface area contributed by atoms with E-state index in [0.29, 0.717) is 0 Å². The molecule has 0 saturated heterocycles. The number of amides is 1. The first-order valence-electron chi connectivity index (χ1n) is 12.2. The fourth-order valence-electron chi connectivity index (χ4n) is 4.77. The Kier molecular flexibility index (Phi) is 7.85. The molecule has 10 nitrogen and oxygen atoms in total. The van der Waals surface area contributed by atoms with Crippen LogP contribution in [0.2, 0.25) is 0 Å². The predicted octanol–water partition coefficient (Wildman–Crippen LogP) is 2.64. The maximum absolute atomic E-state index is 14.4. The number of hydrogen-bond donors (Lipinski definition) is 1. The number of nitrogens with two attached hydrogens (primary N) is 1. The molecule has 39 heavy (non-hydrogen) atoms. The maximum atomic E-state index is 14.4. The lowest BCUT2D eigenvalue weighted by atomic mass is 9.67. The van der Waals surface area contributed by atoms with Crippen LogP contribution in [-0.4, -0.2) is 48.5 Å². The molecule has 2 aliphatic rings. The van der Waals surface area contributed by atoms with Gasteiger partial charge in [0.25, 0.3) is 0 Å². The van der Waals surface area contributed by atoms with Gasteiger partial charge in [0.05, 0.1) is 12.2 Å². The molecule has 0 saturated carbocycles. The second-order valence-corrected chi connectivity index (χ2v) is 8.69. The van der Waals surface area contributed by atoms with E-state index in [4.69, 9.17) is 24.7 Å². The molecule has 2 heterocycles. The minimum atomic E-state index is -2.09. The van der Waals surface area contributed by atoms with E-state index >= 15 is 0 Å². The Balaban J connectivity index is 1.84. The zero-order valence-corrected chi connectivity index (χ0v) is 21.6. The number of allylic oxidation sites excluding steroid dienone is 1. The zero-order chi connectivity index (χ0) is 28.2. The summed E-state index contributed by atoms with van der Waals surface area (Å²) in [5.74, 6) is -3.59. The van der Waals surface area contributed by atoms with Gasteiger partial charge in [-0.3, -0.25) is 9.59 Å². The molecule has 0 fully saturated rings. The van der Waals surface area contributed by atoms with E-state index in [1.165, 1.54) is 13.0 Å². The number of ether oxygens (including phenoxy) is 4. The number of rotatable bonds is 9. The van der Waals surface area contributed by atoms with Crippen LogP contribution in [0.15, 0.2) is 90.0 Å². The highest BCUT2D eigenvalue weighted by molar-refractivity contribution is 6.17. The van der Waals surface area contributed by atoms with Gasteiger partial charge in [-0.25, -0.2) is 9.59 Å². The maximum Gasteiger partial charge on any atom is 0.341 e. The molecule has 2 aliphatic heterocycles. The average molecular weight is 533 g/mol. The van der Waals surface area contributed by atoms with Gasteiger partial charge in [0.1, 0.15) is 36.5 Å². The summed E-state index contributed by atoms with van der Waals surface area (Å²) in [6.07, 6.45) is 1.37. The van der Waals surface area contributed by atoms with Crippen LogP contribution in [0.1, 0.15) is 25.0 Å². The number of hydrogen-bond acceptors (Lipinski definition) is 9. The van der Waals surface area contributed by atoms with Crippen molar-refractivity contribution in [3.63, 3.8) is 0 Å². The molecule has 0 aliphatic carbocycles. The van der Waals surface area contributed by atoms with Gasteiger partial charge in [0.15, 0.2) is 0 Å². The van der Waals surface area contributed by atoms with Gasteiger partial charge in [-0.2, -0.15) is 0 Å². The Morgan fingerprint density at radius 1 is 1.00 bits per heavy atom. The normalized spacial score (nSPS) is 18.0. The molecule has 0 bridgehead atoms. The second-order valence-electron chi connectivity index (χ2n) is 8.69. The predicted molar refractivity (Wildman–Crippen MR) is 138 cm³/mol. The van der Waals surface area contributed by atoms with Crippen molar-refractivity contribution in [2.24, 2.45) is 5.73 Å². The molecule has 4 rings (SSSR count). The van der Waals surface area contributed by atoms with Crippen molar-refractivity contribution in [3.8, 4) is 5.75 Å². The molecule has 0 unspecified atom stereocenters. The van der Waals surface area contributed by atoms with Gasteiger partial charge in [0.2, 0.25) is 11.8 Å². The first-order valence-corrected chi connectivity index (χ1v) is 12.2. The largest absolute Gasteiger partial charge is 0.462 e. The minimum absolute atomic E-state index is 0.0125. The minimum Gasteiger partial charge on any atom is -0.462 e. The van der Waals surface area contributed by atoms with Crippen molar-refractivity contribution in [1.82, 2.24) is 4.90 Å². The molecule has 10 heteroatoms. The first kappa shape index (κ1) is 27.2. The molecule has 0 aromatic heterocycles. The standard InChI is InChI=1S/C29H28N2O8/c1-4-15-37-26(33)23-18(3)31(16-22(32)38-17-19-11-7-6-8-12-19)28(35)29(23)20-13-9-10-14-21(20)39-25(30)24(29)27(34)36-5-2/h4,6-14H,1,5,15-17,30H2,2-3H3/t29-/m0/s1. The number of benzene rings is 2. The first-order chi connectivity index (χ1) is 18.8. The molecule has 202 valence electrons. The monoisotopic (exact) mass is 532 g/mol. The Morgan fingerprint density at radius 3 is 2.36 bits per heavy atom. The highest BCUT2D eigenvalue weighted by atomic mass is 16.5. The van der Waals surface area contributed by atoms with Crippen LogP contribution < -0.4 is 10.5 Å². The van der Waals surface area contributed by atoms with Crippen LogP contribution in [0.4, 0.5) is 0 Å². The van der Waals surface area contributed by atoms with E-state index < -0.39 is 41.7 Å². The highest BCUT2D eigenvalue weighted by Gasteiger charge is 2.64. The van der Waals surface area contributed by atoms with Gasteiger partial charge in [-0.1, -0.05) is 61.2 Å². The fourth-order valence-corrected chi connectivity index (χ4v) is 4.77. The SMILES string of the molecule is C=CCOC(=O)C1=C(C)N(CC(=O)OCc2ccccc2)C(=O)[C@]12C(C(=O)OCC)=C(N)Oc1ccccc12. The summed E-state index contributed by atoms with van der Waals surface area (Å²) < 4.78 is 21.7. The molecular weight excluding hydrogens is 504 g/mol. The van der Waals surface area contributed by atoms with E-state index in [1.807, 2.05) is 6.07 Å². The molecule has 0 radical (unpaired) electrons.